The van der Waals surface area contributed by atoms with Crippen LogP contribution in [0.3, 0.4) is 0 Å². The Morgan fingerprint density at radius 3 is 2.44 bits per heavy atom. The van der Waals surface area contributed by atoms with Crippen LogP contribution in [0, 0.1) is 5.82 Å². The number of hydrogen-bond acceptors (Lipinski definition) is 3. The molecule has 1 heterocycles. The van der Waals surface area contributed by atoms with Crippen LogP contribution in [-0.2, 0) is 10.2 Å². The first-order valence-corrected chi connectivity index (χ1v) is 9.46. The summed E-state index contributed by atoms with van der Waals surface area (Å²) in [7, 11) is 0. The summed E-state index contributed by atoms with van der Waals surface area (Å²) < 4.78 is 28.9. The molecule has 0 aliphatic heterocycles. The largest absolute Gasteiger partial charge is 0.479 e. The van der Waals surface area contributed by atoms with E-state index in [4.69, 9.17) is 0 Å². The Labute approximate surface area is 159 Å². The Kier molecular flexibility index (Phi) is 4.11. The molecule has 0 bridgehead atoms. The molecule has 3 aromatic rings. The first-order chi connectivity index (χ1) is 12.9. The monoisotopic (exact) mass is 385 g/mol. The van der Waals surface area contributed by atoms with Crippen molar-refractivity contribution in [2.75, 3.05) is 0 Å². The predicted molar refractivity (Wildman–Crippen MR) is 100 cm³/mol. The number of rotatable bonds is 5. The summed E-state index contributed by atoms with van der Waals surface area (Å²) in [5, 5.41) is 10.3. The van der Waals surface area contributed by atoms with Gasteiger partial charge >= 0.3 is 5.97 Å². The number of carboxylic acids is 1. The van der Waals surface area contributed by atoms with Crippen LogP contribution in [0.1, 0.15) is 29.7 Å². The third-order valence-electron chi connectivity index (χ3n) is 5.49. The minimum absolute atomic E-state index is 0.334. The van der Waals surface area contributed by atoms with Crippen LogP contribution in [0.15, 0.2) is 60.8 Å². The van der Waals surface area contributed by atoms with E-state index in [-0.39, 0.29) is 5.82 Å². The summed E-state index contributed by atoms with van der Waals surface area (Å²) in [4.78, 5) is 16.9. The number of alkyl halides is 1. The number of aromatic nitrogens is 1. The van der Waals surface area contributed by atoms with Crippen molar-refractivity contribution < 1.29 is 18.7 Å². The van der Waals surface area contributed by atoms with Crippen LogP contribution >= 0.6 is 11.3 Å². The van der Waals surface area contributed by atoms with E-state index in [1.807, 2.05) is 6.07 Å². The van der Waals surface area contributed by atoms with Crippen LogP contribution in [0.25, 0.3) is 10.6 Å². The summed E-state index contributed by atoms with van der Waals surface area (Å²) in [5.41, 5.74) is -2.15. The van der Waals surface area contributed by atoms with Gasteiger partial charge in [0.25, 0.3) is 0 Å². The molecule has 0 saturated heterocycles. The van der Waals surface area contributed by atoms with E-state index in [9.17, 15) is 14.3 Å². The van der Waals surface area contributed by atoms with Gasteiger partial charge in [0.1, 0.15) is 10.8 Å². The summed E-state index contributed by atoms with van der Waals surface area (Å²) in [5.74, 6) is -2.56. The van der Waals surface area contributed by atoms with Gasteiger partial charge in [0, 0.05) is 22.6 Å². The summed E-state index contributed by atoms with van der Waals surface area (Å²) in [6.45, 7) is 1.80. The Hall–Kier alpha value is -2.60. The number of halogens is 2. The average molecular weight is 385 g/mol. The van der Waals surface area contributed by atoms with Crippen molar-refractivity contribution in [3.63, 3.8) is 0 Å². The second-order valence-corrected chi connectivity index (χ2v) is 7.75. The van der Waals surface area contributed by atoms with Gasteiger partial charge in [-0.05, 0) is 36.2 Å². The van der Waals surface area contributed by atoms with Crippen LogP contribution < -0.4 is 0 Å². The average Bonchev–Trinajstić information content (AvgIpc) is 2.98. The lowest BCUT2D eigenvalue weighted by molar-refractivity contribution is -0.145. The van der Waals surface area contributed by atoms with Gasteiger partial charge in [-0.15, -0.1) is 11.3 Å². The fourth-order valence-electron chi connectivity index (χ4n) is 4.13. The standard InChI is InChI=1S/C21H17F2NO2S/c1-2-20(16-12-24-18(27-16)14-8-10-15(22)11-9-14)17(21(20,23)19(25)26)13-6-4-3-5-7-13/h3-12,17H,2H2,1H3,(H,25,26)/t17-,20+,21+/m0/s1. The van der Waals surface area contributed by atoms with Crippen molar-refractivity contribution >= 4 is 17.3 Å². The van der Waals surface area contributed by atoms with Crippen LogP contribution in [0.4, 0.5) is 8.78 Å². The number of carbonyl (C=O) groups is 1. The maximum atomic E-state index is 15.8. The van der Waals surface area contributed by atoms with Crippen molar-refractivity contribution in [1.29, 1.82) is 0 Å². The molecule has 2 aromatic carbocycles. The SMILES string of the molecule is CC[C@@]1(c2cnc(-c3ccc(F)cc3)s2)[C@H](c2ccccc2)[C@@]1(F)C(=O)O. The molecule has 6 heteroatoms. The van der Waals surface area contributed by atoms with Crippen LogP contribution in [0.2, 0.25) is 0 Å². The number of carboxylic acid groups (broad SMARTS) is 1. The molecule has 3 nitrogen and oxygen atoms in total. The van der Waals surface area contributed by atoms with Gasteiger partial charge in [0.15, 0.2) is 0 Å². The Balaban J connectivity index is 1.80. The predicted octanol–water partition coefficient (Wildman–Crippen LogP) is 5.19. The molecular formula is C21H17F2NO2S. The topological polar surface area (TPSA) is 50.2 Å². The zero-order valence-electron chi connectivity index (χ0n) is 14.5. The van der Waals surface area contributed by atoms with Gasteiger partial charge in [-0.3, -0.25) is 0 Å². The lowest BCUT2D eigenvalue weighted by Crippen LogP contribution is -2.27. The maximum Gasteiger partial charge on any atom is 0.343 e. The van der Waals surface area contributed by atoms with Gasteiger partial charge < -0.3 is 5.11 Å². The van der Waals surface area contributed by atoms with Crippen molar-refractivity contribution in [2.24, 2.45) is 0 Å². The molecule has 138 valence electrons. The molecular weight excluding hydrogens is 368 g/mol. The molecule has 1 saturated carbocycles. The zero-order chi connectivity index (χ0) is 19.2. The molecule has 1 aliphatic carbocycles. The van der Waals surface area contributed by atoms with Crippen molar-refractivity contribution in [3.05, 3.63) is 77.1 Å². The first kappa shape index (κ1) is 17.8. The van der Waals surface area contributed by atoms with E-state index >= 15 is 4.39 Å². The second-order valence-electron chi connectivity index (χ2n) is 6.72. The fraction of sp³-hybridized carbons (Fsp3) is 0.238. The highest BCUT2D eigenvalue weighted by Gasteiger charge is 2.83. The smallest absolute Gasteiger partial charge is 0.343 e. The molecule has 0 unspecified atom stereocenters. The fourth-order valence-corrected chi connectivity index (χ4v) is 5.40. The molecule has 3 atom stereocenters. The van der Waals surface area contributed by atoms with Crippen molar-refractivity contribution in [1.82, 2.24) is 4.98 Å². The van der Waals surface area contributed by atoms with Gasteiger partial charge in [0.2, 0.25) is 5.67 Å². The van der Waals surface area contributed by atoms with E-state index in [0.29, 0.717) is 21.9 Å². The van der Waals surface area contributed by atoms with Crippen molar-refractivity contribution in [2.45, 2.75) is 30.3 Å². The van der Waals surface area contributed by atoms with Crippen LogP contribution in [0.5, 0.6) is 0 Å². The number of aliphatic carboxylic acids is 1. The Morgan fingerprint density at radius 2 is 1.85 bits per heavy atom. The molecule has 27 heavy (non-hydrogen) atoms. The van der Waals surface area contributed by atoms with Gasteiger partial charge in [0.05, 0.1) is 5.41 Å². The molecule has 1 aliphatic rings. The Bertz CT molecular complexity index is 989. The van der Waals surface area contributed by atoms with E-state index < -0.39 is 23.0 Å². The number of nitrogens with zero attached hydrogens (tertiary/aromatic N) is 1. The molecule has 0 radical (unpaired) electrons. The number of thiazole rings is 1. The summed E-state index contributed by atoms with van der Waals surface area (Å²) in [6, 6.07) is 14.8. The molecule has 4 rings (SSSR count). The lowest BCUT2D eigenvalue weighted by Gasteiger charge is -2.13. The molecule has 1 aromatic heterocycles. The lowest BCUT2D eigenvalue weighted by atomic mass is 9.94. The zero-order valence-corrected chi connectivity index (χ0v) is 15.3. The molecule has 1 N–H and O–H groups in total. The highest BCUT2D eigenvalue weighted by atomic mass is 32.1. The van der Waals surface area contributed by atoms with E-state index in [1.54, 1.807) is 49.5 Å². The molecule has 0 spiro atoms. The Morgan fingerprint density at radius 1 is 1.19 bits per heavy atom. The van der Waals surface area contributed by atoms with E-state index in [2.05, 4.69) is 4.98 Å². The van der Waals surface area contributed by atoms with E-state index in [0.717, 1.165) is 5.56 Å². The third-order valence-corrected chi connectivity index (χ3v) is 6.72. The van der Waals surface area contributed by atoms with E-state index in [1.165, 1.54) is 23.5 Å². The first-order valence-electron chi connectivity index (χ1n) is 8.64. The molecule has 1 fully saturated rings. The third kappa shape index (κ3) is 2.43. The highest BCUT2D eigenvalue weighted by Crippen LogP contribution is 2.73. The summed E-state index contributed by atoms with van der Waals surface area (Å²) >= 11 is 1.27. The normalized spacial score (nSPS) is 26.7. The van der Waals surface area contributed by atoms with Gasteiger partial charge in [-0.2, -0.15) is 0 Å². The highest BCUT2D eigenvalue weighted by molar-refractivity contribution is 7.15. The van der Waals surface area contributed by atoms with Gasteiger partial charge in [-0.25, -0.2) is 18.6 Å². The van der Waals surface area contributed by atoms with Crippen LogP contribution in [-0.4, -0.2) is 21.7 Å². The number of benzene rings is 2. The summed E-state index contributed by atoms with van der Waals surface area (Å²) in [6.07, 6.45) is 1.90. The van der Waals surface area contributed by atoms with Crippen molar-refractivity contribution in [3.8, 4) is 10.6 Å². The quantitative estimate of drug-likeness (QED) is 0.658. The second kappa shape index (κ2) is 6.23. The minimum atomic E-state index is -2.38. The number of hydrogen-bond donors (Lipinski definition) is 1. The molecule has 0 amide bonds. The van der Waals surface area contributed by atoms with Gasteiger partial charge in [-0.1, -0.05) is 37.3 Å². The minimum Gasteiger partial charge on any atom is -0.479 e. The maximum absolute atomic E-state index is 15.8.